The van der Waals surface area contributed by atoms with E-state index in [0.29, 0.717) is 11.4 Å². The summed E-state index contributed by atoms with van der Waals surface area (Å²) in [5, 5.41) is 17.5. The molecule has 0 aliphatic heterocycles. The average molecular weight is 291 g/mol. The molecule has 9 heteroatoms. The normalized spacial score (nSPS) is 10.2. The molecule has 1 aromatic heterocycles. The molecule has 1 amide bonds. The first-order valence-corrected chi connectivity index (χ1v) is 5.98. The summed E-state index contributed by atoms with van der Waals surface area (Å²) in [6.45, 7) is 0.150. The van der Waals surface area contributed by atoms with Crippen LogP contribution < -0.4 is 5.32 Å². The quantitative estimate of drug-likeness (QED) is 0.652. The third kappa shape index (κ3) is 3.32. The molecule has 1 heterocycles. The van der Waals surface area contributed by atoms with E-state index in [1.807, 2.05) is 0 Å². The summed E-state index contributed by atoms with van der Waals surface area (Å²) in [6, 6.07) is 4.13. The van der Waals surface area contributed by atoms with E-state index in [-0.39, 0.29) is 23.8 Å². The number of aromatic nitrogens is 2. The molecular formula is C12H13N5O4. The van der Waals surface area contributed by atoms with Gasteiger partial charge in [0.2, 0.25) is 6.39 Å². The van der Waals surface area contributed by atoms with E-state index in [1.165, 1.54) is 23.1 Å². The van der Waals surface area contributed by atoms with Crippen LogP contribution in [0, 0.1) is 10.1 Å². The zero-order valence-electron chi connectivity index (χ0n) is 11.4. The van der Waals surface area contributed by atoms with Crippen molar-refractivity contribution in [2.24, 2.45) is 0 Å². The molecule has 0 unspecified atom stereocenters. The van der Waals surface area contributed by atoms with Gasteiger partial charge in [-0.15, -0.1) is 0 Å². The summed E-state index contributed by atoms with van der Waals surface area (Å²) in [6.07, 6.45) is 1.16. The Kier molecular flexibility index (Phi) is 4.12. The van der Waals surface area contributed by atoms with E-state index in [4.69, 9.17) is 0 Å². The number of nitrogens with one attached hydrogen (secondary N) is 1. The fraction of sp³-hybridized carbons (Fsp3) is 0.250. The monoisotopic (exact) mass is 291 g/mol. The molecule has 9 nitrogen and oxygen atoms in total. The van der Waals surface area contributed by atoms with Gasteiger partial charge in [0.25, 0.3) is 11.6 Å². The lowest BCUT2D eigenvalue weighted by Crippen LogP contribution is -2.21. The highest BCUT2D eigenvalue weighted by molar-refractivity contribution is 5.95. The van der Waals surface area contributed by atoms with Crippen molar-refractivity contribution in [3.8, 4) is 0 Å². The summed E-state index contributed by atoms with van der Waals surface area (Å²) >= 11 is 0. The third-order valence-corrected chi connectivity index (χ3v) is 2.69. The van der Waals surface area contributed by atoms with Crippen LogP contribution >= 0.6 is 0 Å². The Labute approximate surface area is 119 Å². The summed E-state index contributed by atoms with van der Waals surface area (Å²) in [4.78, 5) is 27.6. The molecule has 1 N–H and O–H groups in total. The maximum absolute atomic E-state index is 11.9. The predicted octanol–water partition coefficient (Wildman–Crippen LogP) is 1.29. The second-order valence-corrected chi connectivity index (χ2v) is 4.39. The predicted molar refractivity (Wildman–Crippen MR) is 72.7 cm³/mol. The lowest BCUT2D eigenvalue weighted by Gasteiger charge is -2.12. The molecule has 2 aromatic rings. The fourth-order valence-corrected chi connectivity index (χ4v) is 1.67. The van der Waals surface area contributed by atoms with Crippen LogP contribution in [0.3, 0.4) is 0 Å². The smallest absolute Gasteiger partial charge is 0.292 e. The highest BCUT2D eigenvalue weighted by Crippen LogP contribution is 2.26. The van der Waals surface area contributed by atoms with Gasteiger partial charge in [-0.2, -0.15) is 4.98 Å². The van der Waals surface area contributed by atoms with Gasteiger partial charge in [0, 0.05) is 25.7 Å². The highest BCUT2D eigenvalue weighted by atomic mass is 16.6. The molecule has 0 saturated carbocycles. The van der Waals surface area contributed by atoms with Crippen LogP contribution in [-0.4, -0.2) is 40.0 Å². The second-order valence-electron chi connectivity index (χ2n) is 4.39. The van der Waals surface area contributed by atoms with Crippen LogP contribution in [0.25, 0.3) is 0 Å². The van der Waals surface area contributed by atoms with Crippen LogP contribution in [-0.2, 0) is 6.54 Å². The van der Waals surface area contributed by atoms with Crippen molar-refractivity contribution in [1.82, 2.24) is 15.0 Å². The summed E-state index contributed by atoms with van der Waals surface area (Å²) < 4.78 is 4.58. The minimum atomic E-state index is -0.525. The van der Waals surface area contributed by atoms with Gasteiger partial charge in [0.15, 0.2) is 5.82 Å². The number of nitrogens with zero attached hydrogens (tertiary/aromatic N) is 4. The maximum atomic E-state index is 11.9. The average Bonchev–Trinajstić information content (AvgIpc) is 2.97. The van der Waals surface area contributed by atoms with Crippen molar-refractivity contribution in [3.63, 3.8) is 0 Å². The number of nitro benzene ring substituents is 1. The minimum Gasteiger partial charge on any atom is -0.372 e. The summed E-state index contributed by atoms with van der Waals surface area (Å²) in [5.74, 6) is 0.112. The maximum Gasteiger partial charge on any atom is 0.292 e. The Morgan fingerprint density at radius 2 is 2.24 bits per heavy atom. The van der Waals surface area contributed by atoms with E-state index in [0.717, 1.165) is 6.39 Å². The number of benzene rings is 1. The molecular weight excluding hydrogens is 278 g/mol. The molecule has 21 heavy (non-hydrogen) atoms. The number of rotatable bonds is 5. The van der Waals surface area contributed by atoms with Crippen LogP contribution in [0.5, 0.6) is 0 Å². The van der Waals surface area contributed by atoms with Gasteiger partial charge in [-0.1, -0.05) is 5.16 Å². The Balaban J connectivity index is 2.28. The van der Waals surface area contributed by atoms with Crippen LogP contribution in [0.4, 0.5) is 11.4 Å². The zero-order valence-corrected chi connectivity index (χ0v) is 11.4. The SMILES string of the molecule is CN(C)C(=O)c1ccc([N+](=O)[O-])c(NCc2ncon2)c1. The molecule has 0 radical (unpaired) electrons. The van der Waals surface area contributed by atoms with E-state index < -0.39 is 4.92 Å². The van der Waals surface area contributed by atoms with Gasteiger partial charge >= 0.3 is 0 Å². The second kappa shape index (κ2) is 5.99. The van der Waals surface area contributed by atoms with Crippen LogP contribution in [0.1, 0.15) is 16.2 Å². The fourth-order valence-electron chi connectivity index (χ4n) is 1.67. The first kappa shape index (κ1) is 14.4. The van der Waals surface area contributed by atoms with Crippen molar-refractivity contribution < 1.29 is 14.2 Å². The molecule has 110 valence electrons. The standard InChI is InChI=1S/C12H13N5O4/c1-16(2)12(18)8-3-4-10(17(19)20)9(5-8)13-6-11-14-7-21-15-11/h3-5,7,13H,6H2,1-2H3. The van der Waals surface area contributed by atoms with Gasteiger partial charge in [-0.3, -0.25) is 14.9 Å². The van der Waals surface area contributed by atoms with Crippen LogP contribution in [0.2, 0.25) is 0 Å². The van der Waals surface area contributed by atoms with Gasteiger partial charge in [-0.05, 0) is 12.1 Å². The number of carbonyl (C=O) groups excluding carboxylic acids is 1. The largest absolute Gasteiger partial charge is 0.372 e. The number of hydrogen-bond donors (Lipinski definition) is 1. The van der Waals surface area contributed by atoms with Crippen molar-refractivity contribution in [1.29, 1.82) is 0 Å². The first-order valence-electron chi connectivity index (χ1n) is 5.98. The van der Waals surface area contributed by atoms with Gasteiger partial charge in [0.1, 0.15) is 5.69 Å². The van der Waals surface area contributed by atoms with Crippen molar-refractivity contribution >= 4 is 17.3 Å². The Morgan fingerprint density at radius 1 is 1.48 bits per heavy atom. The van der Waals surface area contributed by atoms with E-state index in [1.54, 1.807) is 14.1 Å². The van der Waals surface area contributed by atoms with E-state index in [9.17, 15) is 14.9 Å². The zero-order chi connectivity index (χ0) is 15.4. The Hall–Kier alpha value is -2.97. The highest BCUT2D eigenvalue weighted by Gasteiger charge is 2.18. The van der Waals surface area contributed by atoms with E-state index >= 15 is 0 Å². The molecule has 1 aromatic carbocycles. The summed E-state index contributed by atoms with van der Waals surface area (Å²) in [5.41, 5.74) is 0.438. The van der Waals surface area contributed by atoms with Crippen LogP contribution in [0.15, 0.2) is 29.1 Å². The molecule has 0 fully saturated rings. The van der Waals surface area contributed by atoms with Gasteiger partial charge in [-0.25, -0.2) is 0 Å². The molecule has 0 atom stereocenters. The van der Waals surface area contributed by atoms with Crippen molar-refractivity contribution in [2.75, 3.05) is 19.4 Å². The molecule has 2 rings (SSSR count). The minimum absolute atomic E-state index is 0.131. The lowest BCUT2D eigenvalue weighted by atomic mass is 10.1. The summed E-state index contributed by atoms with van der Waals surface area (Å²) in [7, 11) is 3.21. The molecule has 0 saturated heterocycles. The topological polar surface area (TPSA) is 114 Å². The Bertz CT molecular complexity index is 654. The molecule has 0 spiro atoms. The van der Waals surface area contributed by atoms with Gasteiger partial charge < -0.3 is 14.7 Å². The van der Waals surface area contributed by atoms with Crippen molar-refractivity contribution in [3.05, 3.63) is 46.1 Å². The van der Waals surface area contributed by atoms with Gasteiger partial charge in [0.05, 0.1) is 11.5 Å². The molecule has 0 aliphatic carbocycles. The number of nitro groups is 1. The third-order valence-electron chi connectivity index (χ3n) is 2.69. The molecule has 0 aliphatic rings. The number of amides is 1. The van der Waals surface area contributed by atoms with E-state index in [2.05, 4.69) is 20.0 Å². The molecule has 0 bridgehead atoms. The first-order chi connectivity index (χ1) is 9.99. The van der Waals surface area contributed by atoms with Crippen molar-refractivity contribution in [2.45, 2.75) is 6.54 Å². The number of carbonyl (C=O) groups is 1. The number of anilines is 1. The number of hydrogen-bond acceptors (Lipinski definition) is 7. The Morgan fingerprint density at radius 3 is 2.81 bits per heavy atom. The lowest BCUT2D eigenvalue weighted by molar-refractivity contribution is -0.384.